The van der Waals surface area contributed by atoms with Gasteiger partial charge >= 0.3 is 5.97 Å². The van der Waals surface area contributed by atoms with Gasteiger partial charge in [0, 0.05) is 25.9 Å². The van der Waals surface area contributed by atoms with Crippen molar-refractivity contribution in [1.82, 2.24) is 0 Å². The smallest absolute Gasteiger partial charge is 0.303 e. The minimum Gasteiger partial charge on any atom is -0.481 e. The lowest BCUT2D eigenvalue weighted by molar-refractivity contribution is -0.137. The van der Waals surface area contributed by atoms with E-state index in [1.165, 1.54) is 9.75 Å². The third kappa shape index (κ3) is 8.19. The average molecular weight is 513 g/mol. The van der Waals surface area contributed by atoms with Crippen molar-refractivity contribution in [2.45, 2.75) is 69.2 Å². The normalized spacial score (nSPS) is 25.5. The third-order valence-electron chi connectivity index (χ3n) is 5.39. The number of aliphatic hydroxyl groups excluding tert-OH is 2. The molecular formula is C22H30BBrO4S2. The van der Waals surface area contributed by atoms with Crippen molar-refractivity contribution < 1.29 is 20.1 Å². The van der Waals surface area contributed by atoms with Crippen molar-refractivity contribution in [3.63, 3.8) is 0 Å². The summed E-state index contributed by atoms with van der Waals surface area (Å²) in [4.78, 5) is 13.1. The minimum atomic E-state index is -0.779. The highest BCUT2D eigenvalue weighted by atomic mass is 79.9. The molecule has 4 nitrogen and oxygen atoms in total. The van der Waals surface area contributed by atoms with Crippen molar-refractivity contribution in [3.05, 3.63) is 43.9 Å². The summed E-state index contributed by atoms with van der Waals surface area (Å²) in [6.45, 7) is 2.07. The summed E-state index contributed by atoms with van der Waals surface area (Å²) < 4.78 is 1.12. The third-order valence-corrected chi connectivity index (χ3v) is 8.88. The van der Waals surface area contributed by atoms with Gasteiger partial charge in [-0.1, -0.05) is 24.5 Å². The Labute approximate surface area is 197 Å². The summed E-state index contributed by atoms with van der Waals surface area (Å²) in [7, 11) is 5.94. The number of aliphatic hydroxyl groups is 2. The second kappa shape index (κ2) is 13.1. The van der Waals surface area contributed by atoms with Crippen LogP contribution in [0.25, 0.3) is 0 Å². The first-order valence-electron chi connectivity index (χ1n) is 10.3. The maximum Gasteiger partial charge on any atom is 0.303 e. The molecule has 1 heterocycles. The summed E-state index contributed by atoms with van der Waals surface area (Å²) in [5.41, 5.74) is 0. The van der Waals surface area contributed by atoms with Crippen molar-refractivity contribution in [3.8, 4) is 0 Å². The van der Waals surface area contributed by atoms with Crippen molar-refractivity contribution in [2.24, 2.45) is 11.8 Å². The van der Waals surface area contributed by atoms with Gasteiger partial charge in [-0.05, 0) is 78.3 Å². The van der Waals surface area contributed by atoms with Gasteiger partial charge in [0.15, 0.2) is 0 Å². The van der Waals surface area contributed by atoms with Crippen LogP contribution in [0.15, 0.2) is 34.2 Å². The molecule has 5 atom stereocenters. The fourth-order valence-corrected chi connectivity index (χ4v) is 6.53. The van der Waals surface area contributed by atoms with Gasteiger partial charge in [0.2, 0.25) is 0 Å². The fraction of sp³-hybridized carbons (Fsp3) is 0.591. The Kier molecular flexibility index (Phi) is 11.2. The molecule has 30 heavy (non-hydrogen) atoms. The first kappa shape index (κ1) is 25.7. The predicted octanol–water partition coefficient (Wildman–Crippen LogP) is 5.12. The molecule has 1 aromatic rings. The molecule has 3 N–H and O–H groups in total. The highest BCUT2D eigenvalue weighted by Crippen LogP contribution is 2.42. The van der Waals surface area contributed by atoms with Gasteiger partial charge in [-0.25, -0.2) is 0 Å². The number of hydrogen-bond acceptors (Lipinski definition) is 5. The van der Waals surface area contributed by atoms with Crippen molar-refractivity contribution >= 4 is 52.8 Å². The summed E-state index contributed by atoms with van der Waals surface area (Å²) in [5, 5.41) is 31.6. The first-order chi connectivity index (χ1) is 14.3. The zero-order chi connectivity index (χ0) is 22.1. The summed E-state index contributed by atoms with van der Waals surface area (Å²) >= 11 is 6.85. The number of thioether (sulfide) groups is 1. The van der Waals surface area contributed by atoms with E-state index in [2.05, 4.69) is 28.9 Å². The Bertz CT molecular complexity index is 717. The van der Waals surface area contributed by atoms with Crippen LogP contribution in [0.2, 0.25) is 6.32 Å². The predicted molar refractivity (Wildman–Crippen MR) is 130 cm³/mol. The van der Waals surface area contributed by atoms with E-state index in [1.54, 1.807) is 23.1 Å². The Balaban J connectivity index is 1.88. The van der Waals surface area contributed by atoms with Crippen LogP contribution in [0.1, 0.15) is 41.9 Å². The van der Waals surface area contributed by atoms with Crippen molar-refractivity contribution in [2.75, 3.05) is 0 Å². The number of rotatable bonds is 12. The topological polar surface area (TPSA) is 77.8 Å². The largest absolute Gasteiger partial charge is 0.481 e. The standard InChI is InChI=1S/C22H30BBrO4S2/c1-14-19(24)12-17(30-14)8-6-16(25)7-9-18-15(13-23)11-20(26)22(18)29-10-4-2-3-5-21(27)28/h4,7,9-10,12,15-16,18,20,22,25-26H,2-3,5-6,8,11,13H2,1H3,(H,27,28)/t15-,16-,18-,20?,22+/m0/s1. The Morgan fingerprint density at radius 3 is 2.90 bits per heavy atom. The van der Waals surface area contributed by atoms with Gasteiger partial charge in [0.1, 0.15) is 0 Å². The number of halogens is 1. The molecule has 8 heteroatoms. The molecule has 0 spiro atoms. The Morgan fingerprint density at radius 1 is 1.50 bits per heavy atom. The van der Waals surface area contributed by atoms with Crippen LogP contribution in [-0.2, 0) is 11.2 Å². The molecular weight excluding hydrogens is 483 g/mol. The minimum absolute atomic E-state index is 0.00590. The van der Waals surface area contributed by atoms with Crippen LogP contribution in [0.4, 0.5) is 0 Å². The molecule has 1 aliphatic carbocycles. The molecule has 2 radical (unpaired) electrons. The monoisotopic (exact) mass is 512 g/mol. The Hall–Kier alpha value is -0.535. The SMILES string of the molecule is [B]C[C@@H]1CC(O)[C@H](SC=CCCCC(=O)O)[C@H]1C=C[C@@H](O)CCc1cc(Br)c(C)s1. The van der Waals surface area contributed by atoms with Gasteiger partial charge in [0.05, 0.1) is 20.1 Å². The van der Waals surface area contributed by atoms with Crippen LogP contribution in [-0.4, -0.2) is 46.6 Å². The lowest BCUT2D eigenvalue weighted by Crippen LogP contribution is -2.21. The number of allylic oxidation sites excluding steroid dienone is 2. The number of aliphatic carboxylic acids is 1. The molecule has 1 aromatic heterocycles. The van der Waals surface area contributed by atoms with E-state index in [4.69, 9.17) is 13.0 Å². The number of carboxylic acids is 1. The maximum absolute atomic E-state index is 10.6. The molecule has 0 bridgehead atoms. The molecule has 164 valence electrons. The maximum atomic E-state index is 10.6. The number of thiophene rings is 1. The van der Waals surface area contributed by atoms with Crippen molar-refractivity contribution in [1.29, 1.82) is 0 Å². The molecule has 1 fully saturated rings. The molecule has 1 unspecified atom stereocenters. The zero-order valence-electron chi connectivity index (χ0n) is 17.2. The van der Waals surface area contributed by atoms with E-state index < -0.39 is 18.2 Å². The number of hydrogen-bond donors (Lipinski definition) is 3. The van der Waals surface area contributed by atoms with E-state index in [1.807, 2.05) is 23.6 Å². The highest BCUT2D eigenvalue weighted by molar-refractivity contribution is 9.10. The van der Waals surface area contributed by atoms with Crippen LogP contribution in [0.5, 0.6) is 0 Å². The molecule has 0 aliphatic heterocycles. The second-order valence-electron chi connectivity index (χ2n) is 7.74. The molecule has 0 saturated heterocycles. The van der Waals surface area contributed by atoms with E-state index in [-0.39, 0.29) is 23.5 Å². The number of unbranched alkanes of at least 4 members (excludes halogenated alkanes) is 1. The van der Waals surface area contributed by atoms with Gasteiger partial charge in [-0.3, -0.25) is 4.79 Å². The van der Waals surface area contributed by atoms with Gasteiger partial charge in [-0.2, -0.15) is 0 Å². The average Bonchev–Trinajstić information content (AvgIpc) is 3.19. The lowest BCUT2D eigenvalue weighted by atomic mass is 9.83. The van der Waals surface area contributed by atoms with Crippen LogP contribution < -0.4 is 0 Å². The number of carbonyl (C=O) groups is 1. The first-order valence-corrected chi connectivity index (χ1v) is 12.9. The lowest BCUT2D eigenvalue weighted by Gasteiger charge is -2.21. The van der Waals surface area contributed by atoms with Crippen LogP contribution in [0, 0.1) is 18.8 Å². The van der Waals surface area contributed by atoms with Crippen LogP contribution >= 0.6 is 39.0 Å². The van der Waals surface area contributed by atoms with E-state index >= 15 is 0 Å². The molecule has 0 aromatic carbocycles. The van der Waals surface area contributed by atoms with Gasteiger partial charge in [-0.15, -0.1) is 23.1 Å². The summed E-state index contributed by atoms with van der Waals surface area (Å²) in [6.07, 6.45) is 9.02. The molecule has 1 saturated carbocycles. The van der Waals surface area contributed by atoms with E-state index in [9.17, 15) is 15.0 Å². The number of aryl methyl sites for hydroxylation is 2. The zero-order valence-corrected chi connectivity index (χ0v) is 20.5. The second-order valence-corrected chi connectivity index (χ2v) is 11.0. The molecule has 1 aliphatic rings. The highest BCUT2D eigenvalue weighted by Gasteiger charge is 2.39. The number of carboxylic acid groups (broad SMARTS) is 1. The quantitative estimate of drug-likeness (QED) is 0.206. The fourth-order valence-electron chi connectivity index (χ4n) is 3.70. The summed E-state index contributed by atoms with van der Waals surface area (Å²) in [6, 6.07) is 2.11. The molecule has 0 amide bonds. The van der Waals surface area contributed by atoms with Gasteiger partial charge in [0.25, 0.3) is 0 Å². The van der Waals surface area contributed by atoms with E-state index in [0.717, 1.165) is 10.9 Å². The van der Waals surface area contributed by atoms with E-state index in [0.29, 0.717) is 32.0 Å². The summed E-state index contributed by atoms with van der Waals surface area (Å²) in [5.74, 6) is -0.484. The molecule has 2 rings (SSSR count). The van der Waals surface area contributed by atoms with Crippen LogP contribution in [0.3, 0.4) is 0 Å². The van der Waals surface area contributed by atoms with Gasteiger partial charge < -0.3 is 15.3 Å². The Morgan fingerprint density at radius 2 is 2.27 bits per heavy atom.